The number of nitrogens with two attached hydrogens (primary N) is 1. The highest BCUT2D eigenvalue weighted by Crippen LogP contribution is 2.19. The predicted octanol–water partition coefficient (Wildman–Crippen LogP) is 2.23. The van der Waals surface area contributed by atoms with Gasteiger partial charge < -0.3 is 20.1 Å². The summed E-state index contributed by atoms with van der Waals surface area (Å²) in [5, 5.41) is 0. The van der Waals surface area contributed by atoms with Gasteiger partial charge in [0.1, 0.15) is 0 Å². The number of amides is 1. The van der Waals surface area contributed by atoms with Crippen LogP contribution in [0, 0.1) is 6.92 Å². The Bertz CT molecular complexity index is 497. The van der Waals surface area contributed by atoms with E-state index in [-0.39, 0.29) is 12.0 Å². The Morgan fingerprint density at radius 2 is 2.05 bits per heavy atom. The third-order valence-corrected chi connectivity index (χ3v) is 4.07. The molecule has 1 heterocycles. The molecule has 0 aliphatic carbocycles. The monoisotopic (exact) mass is 306 g/mol. The molecule has 0 spiro atoms. The van der Waals surface area contributed by atoms with Gasteiger partial charge in [-0.15, -0.1) is 0 Å². The predicted molar refractivity (Wildman–Crippen MR) is 87.0 cm³/mol. The number of likely N-dealkylation sites (tertiary alicyclic amines) is 1. The molecule has 2 N–H and O–H groups in total. The Morgan fingerprint density at radius 3 is 2.73 bits per heavy atom. The molecule has 1 fully saturated rings. The Morgan fingerprint density at radius 1 is 1.32 bits per heavy atom. The Balaban J connectivity index is 1.83. The molecule has 5 heteroatoms. The number of methoxy groups -OCH3 is 1. The fraction of sp³-hybridized carbons (Fsp3) is 0.588. The van der Waals surface area contributed by atoms with Gasteiger partial charge in [0.2, 0.25) is 0 Å². The van der Waals surface area contributed by atoms with Crippen LogP contribution in [0.4, 0.5) is 5.69 Å². The van der Waals surface area contributed by atoms with Gasteiger partial charge in [0.15, 0.2) is 0 Å². The fourth-order valence-corrected chi connectivity index (χ4v) is 2.72. The Labute approximate surface area is 132 Å². The molecule has 0 unspecified atom stereocenters. The fourth-order valence-electron chi connectivity index (χ4n) is 2.72. The third kappa shape index (κ3) is 4.45. The molecule has 5 nitrogen and oxygen atoms in total. The summed E-state index contributed by atoms with van der Waals surface area (Å²) >= 11 is 0. The zero-order valence-electron chi connectivity index (χ0n) is 13.5. The van der Waals surface area contributed by atoms with E-state index in [9.17, 15) is 4.79 Å². The summed E-state index contributed by atoms with van der Waals surface area (Å²) in [6.45, 7) is 4.87. The molecule has 1 aliphatic heterocycles. The molecule has 0 radical (unpaired) electrons. The maximum atomic E-state index is 12.6. The van der Waals surface area contributed by atoms with Crippen molar-refractivity contribution in [1.82, 2.24) is 4.90 Å². The number of hydrogen-bond donors (Lipinski definition) is 1. The Hall–Kier alpha value is -1.59. The minimum absolute atomic E-state index is 0.0719. The number of anilines is 1. The van der Waals surface area contributed by atoms with Crippen LogP contribution in [0.1, 0.15) is 35.2 Å². The normalized spacial score (nSPS) is 16.0. The van der Waals surface area contributed by atoms with Crippen molar-refractivity contribution in [1.29, 1.82) is 0 Å². The minimum atomic E-state index is 0.0719. The first-order valence-corrected chi connectivity index (χ1v) is 7.87. The van der Waals surface area contributed by atoms with Crippen LogP contribution in [0.5, 0.6) is 0 Å². The maximum absolute atomic E-state index is 12.6. The zero-order valence-corrected chi connectivity index (χ0v) is 13.5. The highest BCUT2D eigenvalue weighted by molar-refractivity contribution is 5.96. The summed E-state index contributed by atoms with van der Waals surface area (Å²) in [5.74, 6) is 0.0719. The summed E-state index contributed by atoms with van der Waals surface area (Å²) in [6, 6.07) is 5.49. The van der Waals surface area contributed by atoms with Gasteiger partial charge in [-0.25, -0.2) is 0 Å². The maximum Gasteiger partial charge on any atom is 0.254 e. The largest absolute Gasteiger partial charge is 0.399 e. The average molecular weight is 306 g/mol. The van der Waals surface area contributed by atoms with Crippen LogP contribution in [0.3, 0.4) is 0 Å². The smallest absolute Gasteiger partial charge is 0.254 e. The number of rotatable bonds is 6. The van der Waals surface area contributed by atoms with E-state index in [1.54, 1.807) is 13.2 Å². The van der Waals surface area contributed by atoms with Gasteiger partial charge >= 0.3 is 0 Å². The first-order valence-electron chi connectivity index (χ1n) is 7.87. The van der Waals surface area contributed by atoms with Gasteiger partial charge in [-0.05, 0) is 43.9 Å². The number of piperidine rings is 1. The highest BCUT2D eigenvalue weighted by Gasteiger charge is 2.24. The lowest BCUT2D eigenvalue weighted by Crippen LogP contribution is -2.41. The van der Waals surface area contributed by atoms with Crippen LogP contribution in [-0.2, 0) is 9.47 Å². The summed E-state index contributed by atoms with van der Waals surface area (Å²) in [4.78, 5) is 14.5. The van der Waals surface area contributed by atoms with Gasteiger partial charge in [-0.1, -0.05) is 6.07 Å². The van der Waals surface area contributed by atoms with Crippen molar-refractivity contribution in [3.63, 3.8) is 0 Å². The van der Waals surface area contributed by atoms with Crippen LogP contribution in [-0.4, -0.2) is 50.3 Å². The Kier molecular flexibility index (Phi) is 6.21. The molecular weight excluding hydrogens is 280 g/mol. The number of benzene rings is 1. The van der Waals surface area contributed by atoms with Gasteiger partial charge in [0.25, 0.3) is 5.91 Å². The van der Waals surface area contributed by atoms with E-state index in [2.05, 4.69) is 0 Å². The van der Waals surface area contributed by atoms with E-state index in [1.807, 2.05) is 24.0 Å². The topological polar surface area (TPSA) is 64.8 Å². The van der Waals surface area contributed by atoms with Crippen molar-refractivity contribution in [2.75, 3.05) is 39.1 Å². The average Bonchev–Trinajstić information content (AvgIpc) is 2.54. The van der Waals surface area contributed by atoms with Crippen molar-refractivity contribution in [3.8, 4) is 0 Å². The van der Waals surface area contributed by atoms with E-state index in [0.29, 0.717) is 11.3 Å². The molecule has 0 bridgehead atoms. The standard InChI is InChI=1S/C17H26N2O3/c1-13-4-5-14(18)12-16(13)17(20)19-8-6-15(7-9-19)22-11-3-10-21-2/h4-5,12,15H,3,6-11,18H2,1-2H3. The van der Waals surface area contributed by atoms with Gasteiger partial charge in [0, 0.05) is 44.7 Å². The summed E-state index contributed by atoms with van der Waals surface area (Å²) < 4.78 is 10.8. The quantitative estimate of drug-likeness (QED) is 0.646. The number of ether oxygens (including phenoxy) is 2. The zero-order chi connectivity index (χ0) is 15.9. The van der Waals surface area contributed by atoms with Crippen molar-refractivity contribution in [2.45, 2.75) is 32.3 Å². The molecule has 2 rings (SSSR count). The number of nitrogens with zero attached hydrogens (tertiary/aromatic N) is 1. The molecule has 22 heavy (non-hydrogen) atoms. The second-order valence-electron chi connectivity index (χ2n) is 5.78. The van der Waals surface area contributed by atoms with Crippen molar-refractivity contribution in [2.24, 2.45) is 0 Å². The van der Waals surface area contributed by atoms with Crippen molar-refractivity contribution >= 4 is 11.6 Å². The molecule has 1 aliphatic rings. The van der Waals surface area contributed by atoms with Crippen molar-refractivity contribution in [3.05, 3.63) is 29.3 Å². The van der Waals surface area contributed by atoms with E-state index < -0.39 is 0 Å². The van der Waals surface area contributed by atoms with Gasteiger partial charge in [-0.2, -0.15) is 0 Å². The first kappa shape index (κ1) is 16.8. The molecule has 0 atom stereocenters. The number of carbonyl (C=O) groups is 1. The second-order valence-corrected chi connectivity index (χ2v) is 5.78. The molecule has 0 saturated carbocycles. The summed E-state index contributed by atoms with van der Waals surface area (Å²) in [6.07, 6.45) is 2.95. The minimum Gasteiger partial charge on any atom is -0.399 e. The molecule has 122 valence electrons. The van der Waals surface area contributed by atoms with Gasteiger partial charge in [-0.3, -0.25) is 4.79 Å². The van der Waals surface area contributed by atoms with Crippen LogP contribution in [0.2, 0.25) is 0 Å². The number of nitrogen functional groups attached to an aromatic ring is 1. The first-order chi connectivity index (χ1) is 10.6. The van der Waals surface area contributed by atoms with E-state index in [1.165, 1.54) is 0 Å². The number of hydrogen-bond acceptors (Lipinski definition) is 4. The molecule has 0 aromatic heterocycles. The van der Waals surface area contributed by atoms with Crippen LogP contribution in [0.25, 0.3) is 0 Å². The SMILES string of the molecule is COCCCOC1CCN(C(=O)c2cc(N)ccc2C)CC1. The molecular formula is C17H26N2O3. The third-order valence-electron chi connectivity index (χ3n) is 4.07. The summed E-state index contributed by atoms with van der Waals surface area (Å²) in [5.41, 5.74) is 8.10. The lowest BCUT2D eigenvalue weighted by molar-refractivity contribution is 0.00188. The molecule has 1 amide bonds. The number of carbonyl (C=O) groups excluding carboxylic acids is 1. The van der Waals surface area contributed by atoms with Crippen LogP contribution >= 0.6 is 0 Å². The number of aryl methyl sites for hydroxylation is 1. The van der Waals surface area contributed by atoms with E-state index in [0.717, 1.165) is 51.1 Å². The van der Waals surface area contributed by atoms with Crippen LogP contribution in [0.15, 0.2) is 18.2 Å². The second kappa shape index (κ2) is 8.15. The molecule has 1 saturated heterocycles. The van der Waals surface area contributed by atoms with E-state index >= 15 is 0 Å². The molecule has 1 aromatic carbocycles. The van der Waals surface area contributed by atoms with Crippen molar-refractivity contribution < 1.29 is 14.3 Å². The highest BCUT2D eigenvalue weighted by atomic mass is 16.5. The van der Waals surface area contributed by atoms with Gasteiger partial charge in [0.05, 0.1) is 6.10 Å². The lowest BCUT2D eigenvalue weighted by atomic mass is 10.0. The van der Waals surface area contributed by atoms with Crippen LogP contribution < -0.4 is 5.73 Å². The summed E-state index contributed by atoms with van der Waals surface area (Å²) in [7, 11) is 1.70. The lowest BCUT2D eigenvalue weighted by Gasteiger charge is -2.32. The molecule has 1 aromatic rings. The van der Waals surface area contributed by atoms with E-state index in [4.69, 9.17) is 15.2 Å².